The average molecular weight is 466 g/mol. The second kappa shape index (κ2) is 12.8. The van der Waals surface area contributed by atoms with Gasteiger partial charge in [0.15, 0.2) is 0 Å². The van der Waals surface area contributed by atoms with Gasteiger partial charge in [0.05, 0.1) is 6.61 Å². The monoisotopic (exact) mass is 465 g/mol. The molecule has 0 bridgehead atoms. The number of rotatable bonds is 7. The first kappa shape index (κ1) is 24.5. The van der Waals surface area contributed by atoms with Crippen LogP contribution in [-0.2, 0) is 0 Å². The summed E-state index contributed by atoms with van der Waals surface area (Å²) in [5.74, 6) is 1.78. The molecule has 7 heteroatoms. The van der Waals surface area contributed by atoms with Gasteiger partial charge in [-0.15, -0.1) is 0 Å². The van der Waals surface area contributed by atoms with E-state index in [9.17, 15) is 0 Å². The maximum absolute atomic E-state index is 6.09. The first-order chi connectivity index (χ1) is 16.7. The van der Waals surface area contributed by atoms with Crippen molar-refractivity contribution in [1.29, 1.82) is 0 Å². The minimum Gasteiger partial charge on any atom is -0.494 e. The van der Waals surface area contributed by atoms with E-state index < -0.39 is 0 Å². The van der Waals surface area contributed by atoms with Crippen LogP contribution in [0.3, 0.4) is 0 Å². The fourth-order valence-corrected chi connectivity index (χ4v) is 4.19. The third kappa shape index (κ3) is 7.21. The van der Waals surface area contributed by atoms with Gasteiger partial charge in [-0.2, -0.15) is 0 Å². The van der Waals surface area contributed by atoms with E-state index in [-0.39, 0.29) is 0 Å². The summed E-state index contributed by atoms with van der Waals surface area (Å²) >= 11 is 0. The van der Waals surface area contributed by atoms with Crippen LogP contribution in [0.4, 0.5) is 5.69 Å². The van der Waals surface area contributed by atoms with Gasteiger partial charge in [0, 0.05) is 89.6 Å². The van der Waals surface area contributed by atoms with Gasteiger partial charge in [-0.3, -0.25) is 0 Å². The smallest absolute Gasteiger partial charge is 0.135 e. The molecule has 34 heavy (non-hydrogen) atoms. The summed E-state index contributed by atoms with van der Waals surface area (Å²) in [5, 5.41) is 11.5. The molecule has 0 aliphatic carbocycles. The summed E-state index contributed by atoms with van der Waals surface area (Å²) in [7, 11) is 4.09. The standard InChI is InChI=1S/C27H39N5O2/c1-31(2)24-6-4-22(5-7-24)27-21-23-20-25(8-9-26(23)34-27)33-19-3-16-32-17-14-29-12-10-28-11-13-30-15-18-32/h4-9,20-21,28-30H,3,10-19H2,1-2H3. The van der Waals surface area contributed by atoms with Crippen molar-refractivity contribution in [3.8, 4) is 17.1 Å². The van der Waals surface area contributed by atoms with E-state index in [4.69, 9.17) is 9.15 Å². The zero-order valence-electron chi connectivity index (χ0n) is 20.6. The molecule has 0 amide bonds. The molecule has 1 fully saturated rings. The molecule has 3 aromatic rings. The van der Waals surface area contributed by atoms with Gasteiger partial charge >= 0.3 is 0 Å². The predicted octanol–water partition coefficient (Wildman–Crippen LogP) is 3.02. The summed E-state index contributed by atoms with van der Waals surface area (Å²) in [6.07, 6.45) is 1.01. The Bertz CT molecular complexity index is 990. The van der Waals surface area contributed by atoms with Crippen LogP contribution in [0.5, 0.6) is 5.75 Å². The minimum atomic E-state index is 0.712. The zero-order valence-corrected chi connectivity index (χ0v) is 20.6. The van der Waals surface area contributed by atoms with Crippen molar-refractivity contribution in [3.05, 3.63) is 48.5 Å². The van der Waals surface area contributed by atoms with Crippen molar-refractivity contribution >= 4 is 16.7 Å². The molecule has 1 aliphatic heterocycles. The van der Waals surface area contributed by atoms with E-state index in [0.29, 0.717) is 6.61 Å². The van der Waals surface area contributed by atoms with Crippen molar-refractivity contribution in [2.45, 2.75) is 6.42 Å². The largest absolute Gasteiger partial charge is 0.494 e. The fourth-order valence-electron chi connectivity index (χ4n) is 4.19. The first-order valence-electron chi connectivity index (χ1n) is 12.5. The third-order valence-electron chi connectivity index (χ3n) is 6.21. The van der Waals surface area contributed by atoms with Crippen LogP contribution in [0, 0.1) is 0 Å². The minimum absolute atomic E-state index is 0.712. The molecular weight excluding hydrogens is 426 g/mol. The summed E-state index contributed by atoms with van der Waals surface area (Å²) in [4.78, 5) is 4.61. The lowest BCUT2D eigenvalue weighted by molar-refractivity contribution is 0.233. The Hall–Kier alpha value is -2.58. The average Bonchev–Trinajstić information content (AvgIpc) is 3.26. The predicted molar refractivity (Wildman–Crippen MR) is 141 cm³/mol. The van der Waals surface area contributed by atoms with E-state index in [1.807, 2.05) is 26.2 Å². The van der Waals surface area contributed by atoms with E-state index in [1.54, 1.807) is 0 Å². The molecule has 7 nitrogen and oxygen atoms in total. The Morgan fingerprint density at radius 3 is 2.21 bits per heavy atom. The number of fused-ring (bicyclic) bond motifs is 1. The van der Waals surface area contributed by atoms with Crippen molar-refractivity contribution in [1.82, 2.24) is 20.9 Å². The van der Waals surface area contributed by atoms with Crippen molar-refractivity contribution in [3.63, 3.8) is 0 Å². The van der Waals surface area contributed by atoms with E-state index in [0.717, 1.165) is 93.4 Å². The summed E-state index contributed by atoms with van der Waals surface area (Å²) in [6.45, 7) is 10.1. The fraction of sp³-hybridized carbons (Fsp3) is 0.481. The molecule has 1 aliphatic rings. The lowest BCUT2D eigenvalue weighted by atomic mass is 10.1. The highest BCUT2D eigenvalue weighted by atomic mass is 16.5. The van der Waals surface area contributed by atoms with Gasteiger partial charge in [0.25, 0.3) is 0 Å². The Labute approximate surface area is 203 Å². The number of nitrogens with one attached hydrogen (secondary N) is 3. The lowest BCUT2D eigenvalue weighted by Crippen LogP contribution is -2.42. The SMILES string of the molecule is CN(C)c1ccc(-c2cc3cc(OCCCN4CCNCCNCCNCC4)ccc3o2)cc1. The zero-order chi connectivity index (χ0) is 23.6. The van der Waals surface area contributed by atoms with Crippen LogP contribution in [0.2, 0.25) is 0 Å². The summed E-state index contributed by atoms with van der Waals surface area (Å²) in [5.41, 5.74) is 3.14. The van der Waals surface area contributed by atoms with Gasteiger partial charge in [0.1, 0.15) is 17.1 Å². The normalized spacial score (nSPS) is 16.6. The molecule has 0 spiro atoms. The molecular formula is C27H39N5O2. The van der Waals surface area contributed by atoms with Crippen LogP contribution in [-0.4, -0.2) is 84.5 Å². The van der Waals surface area contributed by atoms with Gasteiger partial charge in [0.2, 0.25) is 0 Å². The van der Waals surface area contributed by atoms with Crippen molar-refractivity contribution < 1.29 is 9.15 Å². The highest BCUT2D eigenvalue weighted by molar-refractivity contribution is 5.84. The molecule has 184 valence electrons. The van der Waals surface area contributed by atoms with Crippen LogP contribution >= 0.6 is 0 Å². The Morgan fingerprint density at radius 1 is 0.853 bits per heavy atom. The molecule has 2 heterocycles. The number of ether oxygens (including phenoxy) is 1. The van der Waals surface area contributed by atoms with Gasteiger partial charge in [-0.1, -0.05) is 0 Å². The molecule has 1 aromatic heterocycles. The molecule has 0 radical (unpaired) electrons. The van der Waals surface area contributed by atoms with Gasteiger partial charge in [-0.05, 0) is 55.0 Å². The Morgan fingerprint density at radius 2 is 1.53 bits per heavy atom. The van der Waals surface area contributed by atoms with Gasteiger partial charge in [-0.25, -0.2) is 0 Å². The number of hydrogen-bond acceptors (Lipinski definition) is 7. The lowest BCUT2D eigenvalue weighted by Gasteiger charge is -2.23. The number of anilines is 1. The number of furan rings is 1. The highest BCUT2D eigenvalue weighted by Crippen LogP contribution is 2.31. The van der Waals surface area contributed by atoms with E-state index >= 15 is 0 Å². The summed E-state index contributed by atoms with van der Waals surface area (Å²) in [6, 6.07) is 16.6. The Balaban J connectivity index is 1.27. The number of hydrogen-bond donors (Lipinski definition) is 3. The van der Waals surface area contributed by atoms with E-state index in [2.05, 4.69) is 62.1 Å². The van der Waals surface area contributed by atoms with Gasteiger partial charge < -0.3 is 34.9 Å². The van der Waals surface area contributed by atoms with Crippen LogP contribution in [0.15, 0.2) is 52.9 Å². The number of nitrogens with zero attached hydrogens (tertiary/aromatic N) is 2. The second-order valence-electron chi connectivity index (χ2n) is 9.05. The van der Waals surface area contributed by atoms with Crippen LogP contribution in [0.1, 0.15) is 6.42 Å². The molecule has 0 atom stereocenters. The van der Waals surface area contributed by atoms with Crippen LogP contribution in [0.25, 0.3) is 22.3 Å². The third-order valence-corrected chi connectivity index (χ3v) is 6.21. The molecule has 0 saturated carbocycles. The van der Waals surface area contributed by atoms with Crippen LogP contribution < -0.4 is 25.6 Å². The molecule has 3 N–H and O–H groups in total. The first-order valence-corrected chi connectivity index (χ1v) is 12.5. The second-order valence-corrected chi connectivity index (χ2v) is 9.05. The topological polar surface area (TPSA) is 64.9 Å². The van der Waals surface area contributed by atoms with E-state index in [1.165, 1.54) is 5.69 Å². The number of benzene rings is 2. The quantitative estimate of drug-likeness (QED) is 0.464. The molecule has 1 saturated heterocycles. The maximum atomic E-state index is 6.09. The summed E-state index contributed by atoms with van der Waals surface area (Å²) < 4.78 is 12.2. The molecule has 4 rings (SSSR count). The molecule has 0 unspecified atom stereocenters. The van der Waals surface area contributed by atoms with Crippen molar-refractivity contribution in [2.24, 2.45) is 0 Å². The highest BCUT2D eigenvalue weighted by Gasteiger charge is 2.09. The van der Waals surface area contributed by atoms with Crippen molar-refractivity contribution in [2.75, 3.05) is 84.5 Å². The maximum Gasteiger partial charge on any atom is 0.135 e. The Kier molecular flexibility index (Phi) is 9.21. The molecule has 2 aromatic carbocycles.